The summed E-state index contributed by atoms with van der Waals surface area (Å²) < 4.78 is 14.0. The number of nitrogens with one attached hydrogen (secondary N) is 2. The van der Waals surface area contributed by atoms with E-state index >= 15 is 0 Å². The second kappa shape index (κ2) is 7.59. The van der Waals surface area contributed by atoms with Crippen molar-refractivity contribution in [1.29, 1.82) is 0 Å². The molecule has 3 rings (SSSR count). The van der Waals surface area contributed by atoms with E-state index in [9.17, 15) is 14.0 Å². The van der Waals surface area contributed by atoms with Crippen LogP contribution in [-0.2, 0) is 0 Å². The molecule has 1 atom stereocenters. The predicted molar refractivity (Wildman–Crippen MR) is 104 cm³/mol. The third-order valence-electron chi connectivity index (χ3n) is 4.42. The van der Waals surface area contributed by atoms with Crippen LogP contribution >= 0.6 is 0 Å². The number of amides is 3. The molecule has 3 aromatic rings. The molecule has 4 N–H and O–H groups in total. The number of nitrogens with two attached hydrogens (primary N) is 1. The van der Waals surface area contributed by atoms with Crippen LogP contribution in [0.2, 0.25) is 0 Å². The zero-order valence-corrected chi connectivity index (χ0v) is 15.7. The van der Waals surface area contributed by atoms with Crippen LogP contribution < -0.4 is 16.4 Å². The topological polar surface area (TPSA) is 110 Å². The van der Waals surface area contributed by atoms with Gasteiger partial charge in [0, 0.05) is 11.8 Å². The van der Waals surface area contributed by atoms with E-state index in [-0.39, 0.29) is 11.6 Å². The quantitative estimate of drug-likeness (QED) is 0.643. The molecule has 2 aromatic carbocycles. The standard InChI is InChI=1S/C20H20FN5O2/c1-10-11(2)24-18-16(8-14(21)9-17(18)23-10)19(27)25-12(3)13-4-6-15(7-5-13)26-20(22)28/h4-9,12H,1-3H3,(H,25,27)(H3,22,26,28). The number of carbonyl (C=O) groups excluding carboxylic acids is 2. The first-order valence-corrected chi connectivity index (χ1v) is 8.66. The van der Waals surface area contributed by atoms with Crippen molar-refractivity contribution in [3.05, 3.63) is 64.7 Å². The molecular weight excluding hydrogens is 361 g/mol. The number of benzene rings is 2. The van der Waals surface area contributed by atoms with Crippen LogP contribution in [0.15, 0.2) is 36.4 Å². The van der Waals surface area contributed by atoms with E-state index in [0.29, 0.717) is 28.1 Å². The van der Waals surface area contributed by atoms with E-state index in [2.05, 4.69) is 20.6 Å². The molecule has 28 heavy (non-hydrogen) atoms. The number of halogens is 1. The van der Waals surface area contributed by atoms with Crippen LogP contribution in [0.3, 0.4) is 0 Å². The minimum absolute atomic E-state index is 0.129. The second-order valence-corrected chi connectivity index (χ2v) is 6.52. The lowest BCUT2D eigenvalue weighted by molar-refractivity contribution is 0.0941. The number of fused-ring (bicyclic) bond motifs is 1. The number of aromatic nitrogens is 2. The third-order valence-corrected chi connectivity index (χ3v) is 4.42. The van der Waals surface area contributed by atoms with Gasteiger partial charge < -0.3 is 16.4 Å². The average Bonchev–Trinajstić information content (AvgIpc) is 2.62. The number of anilines is 1. The number of carbonyl (C=O) groups is 2. The largest absolute Gasteiger partial charge is 0.351 e. The number of nitrogens with zero attached hydrogens (tertiary/aromatic N) is 2. The van der Waals surface area contributed by atoms with Gasteiger partial charge in [-0.2, -0.15) is 0 Å². The van der Waals surface area contributed by atoms with Gasteiger partial charge in [-0.25, -0.2) is 19.2 Å². The van der Waals surface area contributed by atoms with Crippen LogP contribution in [0.1, 0.15) is 40.3 Å². The third kappa shape index (κ3) is 4.06. The molecule has 0 fully saturated rings. The average molecular weight is 381 g/mol. The maximum absolute atomic E-state index is 14.0. The lowest BCUT2D eigenvalue weighted by Gasteiger charge is -2.16. The fraction of sp³-hybridized carbons (Fsp3) is 0.200. The van der Waals surface area contributed by atoms with Gasteiger partial charge >= 0.3 is 6.03 Å². The second-order valence-electron chi connectivity index (χ2n) is 6.52. The predicted octanol–water partition coefficient (Wildman–Crippen LogP) is 3.37. The van der Waals surface area contributed by atoms with E-state index in [0.717, 1.165) is 11.6 Å². The van der Waals surface area contributed by atoms with Crippen molar-refractivity contribution in [2.75, 3.05) is 5.32 Å². The van der Waals surface area contributed by atoms with Gasteiger partial charge in [0.05, 0.1) is 28.5 Å². The summed E-state index contributed by atoms with van der Waals surface area (Å²) in [5.41, 5.74) is 8.62. The van der Waals surface area contributed by atoms with Gasteiger partial charge in [-0.15, -0.1) is 0 Å². The molecule has 0 radical (unpaired) electrons. The lowest BCUT2D eigenvalue weighted by Crippen LogP contribution is -2.27. The summed E-state index contributed by atoms with van der Waals surface area (Å²) in [6.07, 6.45) is 0. The van der Waals surface area contributed by atoms with E-state index < -0.39 is 17.8 Å². The van der Waals surface area contributed by atoms with Crippen molar-refractivity contribution < 1.29 is 14.0 Å². The monoisotopic (exact) mass is 381 g/mol. The Bertz CT molecular complexity index is 1070. The highest BCUT2D eigenvalue weighted by Gasteiger charge is 2.18. The van der Waals surface area contributed by atoms with Crippen LogP contribution in [0.4, 0.5) is 14.9 Å². The van der Waals surface area contributed by atoms with Crippen LogP contribution in [0, 0.1) is 19.7 Å². The van der Waals surface area contributed by atoms with Crippen molar-refractivity contribution in [3.63, 3.8) is 0 Å². The summed E-state index contributed by atoms with van der Waals surface area (Å²) in [7, 11) is 0. The Morgan fingerprint density at radius 1 is 1.07 bits per heavy atom. The van der Waals surface area contributed by atoms with Gasteiger partial charge in [0.25, 0.3) is 5.91 Å². The van der Waals surface area contributed by atoms with E-state index in [4.69, 9.17) is 5.73 Å². The summed E-state index contributed by atoms with van der Waals surface area (Å²) in [5, 5.41) is 5.31. The molecule has 0 bridgehead atoms. The minimum atomic E-state index is -0.654. The van der Waals surface area contributed by atoms with Gasteiger partial charge in [0.2, 0.25) is 0 Å². The molecule has 0 aliphatic heterocycles. The molecule has 0 aliphatic carbocycles. The minimum Gasteiger partial charge on any atom is -0.351 e. The molecule has 144 valence electrons. The molecule has 0 saturated heterocycles. The molecule has 0 saturated carbocycles. The molecule has 0 aliphatic rings. The first kappa shape index (κ1) is 19.2. The Morgan fingerprint density at radius 2 is 1.71 bits per heavy atom. The lowest BCUT2D eigenvalue weighted by atomic mass is 10.1. The normalized spacial score (nSPS) is 11.9. The Labute approximate surface area is 161 Å². The van der Waals surface area contributed by atoms with Crippen molar-refractivity contribution in [2.45, 2.75) is 26.8 Å². The molecule has 8 heteroatoms. The highest BCUT2D eigenvalue weighted by atomic mass is 19.1. The van der Waals surface area contributed by atoms with Crippen LogP contribution in [0.5, 0.6) is 0 Å². The maximum Gasteiger partial charge on any atom is 0.316 e. The van der Waals surface area contributed by atoms with E-state index in [1.54, 1.807) is 45.0 Å². The fourth-order valence-corrected chi connectivity index (χ4v) is 2.83. The van der Waals surface area contributed by atoms with Gasteiger partial charge in [-0.3, -0.25) is 4.79 Å². The molecule has 7 nitrogen and oxygen atoms in total. The van der Waals surface area contributed by atoms with Crippen LogP contribution in [-0.4, -0.2) is 21.9 Å². The molecule has 1 aromatic heterocycles. The molecule has 1 heterocycles. The summed E-state index contributed by atoms with van der Waals surface area (Å²) in [4.78, 5) is 32.4. The van der Waals surface area contributed by atoms with Gasteiger partial charge in [-0.05, 0) is 44.5 Å². The van der Waals surface area contributed by atoms with E-state index in [1.165, 1.54) is 6.07 Å². The van der Waals surface area contributed by atoms with E-state index in [1.807, 2.05) is 0 Å². The number of hydrogen-bond acceptors (Lipinski definition) is 4. The Kier molecular flexibility index (Phi) is 5.21. The first-order chi connectivity index (χ1) is 13.2. The zero-order valence-electron chi connectivity index (χ0n) is 15.7. The molecular formula is C20H20FN5O2. The SMILES string of the molecule is Cc1nc2cc(F)cc(C(=O)NC(C)c3ccc(NC(N)=O)cc3)c2nc1C. The van der Waals surface area contributed by atoms with Gasteiger partial charge in [0.1, 0.15) is 11.3 Å². The Morgan fingerprint density at radius 3 is 2.36 bits per heavy atom. The van der Waals surface area contributed by atoms with Crippen molar-refractivity contribution in [3.8, 4) is 0 Å². The number of rotatable bonds is 4. The van der Waals surface area contributed by atoms with Crippen molar-refractivity contribution >= 4 is 28.7 Å². The Hall–Kier alpha value is -3.55. The fourth-order valence-electron chi connectivity index (χ4n) is 2.83. The number of primary amides is 1. The van der Waals surface area contributed by atoms with Crippen molar-refractivity contribution in [2.24, 2.45) is 5.73 Å². The molecule has 3 amide bonds. The number of aryl methyl sites for hydroxylation is 2. The summed E-state index contributed by atoms with van der Waals surface area (Å²) >= 11 is 0. The van der Waals surface area contributed by atoms with Gasteiger partial charge in [0.15, 0.2) is 0 Å². The van der Waals surface area contributed by atoms with Crippen LogP contribution in [0.25, 0.3) is 11.0 Å². The Balaban J connectivity index is 1.86. The van der Waals surface area contributed by atoms with Crippen molar-refractivity contribution in [1.82, 2.24) is 15.3 Å². The summed E-state index contributed by atoms with van der Waals surface area (Å²) in [6, 6.07) is 8.29. The number of hydrogen-bond donors (Lipinski definition) is 3. The smallest absolute Gasteiger partial charge is 0.316 e. The highest BCUT2D eigenvalue weighted by Crippen LogP contribution is 2.21. The molecule has 0 spiro atoms. The molecule has 1 unspecified atom stereocenters. The summed E-state index contributed by atoms with van der Waals surface area (Å²) in [6.45, 7) is 5.37. The summed E-state index contributed by atoms with van der Waals surface area (Å²) in [5.74, 6) is -1.00. The number of urea groups is 1. The zero-order chi connectivity index (χ0) is 20.4. The first-order valence-electron chi connectivity index (χ1n) is 8.66. The van der Waals surface area contributed by atoms with Gasteiger partial charge in [-0.1, -0.05) is 12.1 Å². The highest BCUT2D eigenvalue weighted by molar-refractivity contribution is 6.05. The maximum atomic E-state index is 14.0.